The van der Waals surface area contributed by atoms with E-state index in [-0.39, 0.29) is 10.6 Å². The molecule has 0 aliphatic carbocycles. The zero-order valence-corrected chi connectivity index (χ0v) is 13.1. The zero-order chi connectivity index (χ0) is 17.0. The van der Waals surface area contributed by atoms with E-state index in [4.69, 9.17) is 22.4 Å². The molecule has 4 N–H and O–H groups in total. The molecular weight excluding hydrogens is 340 g/mol. The maximum atomic E-state index is 11.7. The van der Waals surface area contributed by atoms with Crippen molar-refractivity contribution in [3.8, 4) is 10.4 Å². The van der Waals surface area contributed by atoms with Crippen molar-refractivity contribution >= 4 is 46.4 Å². The lowest BCUT2D eigenvalue weighted by atomic mass is 10.2. The first-order valence-electron chi connectivity index (χ1n) is 6.28. The number of nitrogens with two attached hydrogens (primary N) is 1. The highest BCUT2D eigenvalue weighted by Crippen LogP contribution is 2.35. The number of thiophene rings is 1. The SMILES string of the molecule is NC(=O)c1sc(-c2ccc(Cl)cc2)cc1NC(=O)/C=C/C(=O)O. The predicted octanol–water partition coefficient (Wildman–Crippen LogP) is 2.75. The summed E-state index contributed by atoms with van der Waals surface area (Å²) in [6.07, 6.45) is 1.55. The molecule has 2 amide bonds. The van der Waals surface area contributed by atoms with Gasteiger partial charge in [0.1, 0.15) is 4.88 Å². The highest BCUT2D eigenvalue weighted by molar-refractivity contribution is 7.18. The minimum absolute atomic E-state index is 0.173. The molecule has 6 nitrogen and oxygen atoms in total. The van der Waals surface area contributed by atoms with Crippen molar-refractivity contribution in [3.05, 3.63) is 52.4 Å². The summed E-state index contributed by atoms with van der Waals surface area (Å²) < 4.78 is 0. The minimum Gasteiger partial charge on any atom is -0.478 e. The Morgan fingerprint density at radius 1 is 1.17 bits per heavy atom. The highest BCUT2D eigenvalue weighted by atomic mass is 35.5. The lowest BCUT2D eigenvalue weighted by Gasteiger charge is -2.00. The van der Waals surface area contributed by atoms with Gasteiger partial charge in [-0.25, -0.2) is 4.79 Å². The molecule has 0 spiro atoms. The summed E-state index contributed by atoms with van der Waals surface area (Å²) in [5, 5.41) is 11.5. The fourth-order valence-electron chi connectivity index (χ4n) is 1.74. The molecule has 1 aromatic heterocycles. The Balaban J connectivity index is 2.32. The molecule has 0 unspecified atom stereocenters. The number of nitrogens with one attached hydrogen (secondary N) is 1. The van der Waals surface area contributed by atoms with Gasteiger partial charge < -0.3 is 16.2 Å². The number of benzene rings is 1. The topological polar surface area (TPSA) is 109 Å². The Bertz CT molecular complexity index is 796. The van der Waals surface area contributed by atoms with Crippen LogP contribution in [-0.4, -0.2) is 22.9 Å². The van der Waals surface area contributed by atoms with Crippen LogP contribution in [0.25, 0.3) is 10.4 Å². The number of hydrogen-bond acceptors (Lipinski definition) is 4. The van der Waals surface area contributed by atoms with Crippen LogP contribution in [0.2, 0.25) is 5.02 Å². The number of rotatable bonds is 5. The van der Waals surface area contributed by atoms with Crippen LogP contribution >= 0.6 is 22.9 Å². The summed E-state index contributed by atoms with van der Waals surface area (Å²) >= 11 is 6.95. The molecule has 0 atom stereocenters. The third-order valence-corrected chi connectivity index (χ3v) is 4.17. The Morgan fingerprint density at radius 3 is 2.39 bits per heavy atom. The average Bonchev–Trinajstić information content (AvgIpc) is 2.90. The zero-order valence-electron chi connectivity index (χ0n) is 11.6. The molecule has 2 rings (SSSR count). The van der Waals surface area contributed by atoms with E-state index in [1.807, 2.05) is 0 Å². The number of carbonyl (C=O) groups is 3. The van der Waals surface area contributed by atoms with Crippen molar-refractivity contribution in [2.75, 3.05) is 5.32 Å². The summed E-state index contributed by atoms with van der Waals surface area (Å²) in [4.78, 5) is 34.5. The van der Waals surface area contributed by atoms with Gasteiger partial charge in [0.2, 0.25) is 5.91 Å². The van der Waals surface area contributed by atoms with Crippen molar-refractivity contribution in [1.82, 2.24) is 0 Å². The van der Waals surface area contributed by atoms with Crippen molar-refractivity contribution in [2.45, 2.75) is 0 Å². The normalized spacial score (nSPS) is 10.7. The molecule has 0 bridgehead atoms. The van der Waals surface area contributed by atoms with E-state index in [0.29, 0.717) is 16.0 Å². The molecule has 1 heterocycles. The minimum atomic E-state index is -1.25. The van der Waals surface area contributed by atoms with E-state index in [9.17, 15) is 14.4 Å². The summed E-state index contributed by atoms with van der Waals surface area (Å²) in [6, 6.07) is 8.55. The third kappa shape index (κ3) is 4.41. The van der Waals surface area contributed by atoms with Gasteiger partial charge in [0.15, 0.2) is 0 Å². The average molecular weight is 351 g/mol. The molecule has 0 fully saturated rings. The summed E-state index contributed by atoms with van der Waals surface area (Å²) in [6.45, 7) is 0. The van der Waals surface area contributed by atoms with E-state index in [2.05, 4.69) is 5.32 Å². The van der Waals surface area contributed by atoms with Crippen LogP contribution in [0.5, 0.6) is 0 Å². The number of hydrogen-bond donors (Lipinski definition) is 3. The van der Waals surface area contributed by atoms with Crippen molar-refractivity contribution < 1.29 is 19.5 Å². The molecule has 2 aromatic rings. The predicted molar refractivity (Wildman–Crippen MR) is 88.7 cm³/mol. The first kappa shape index (κ1) is 16.7. The number of carbonyl (C=O) groups excluding carboxylic acids is 2. The van der Waals surface area contributed by atoms with Crippen molar-refractivity contribution in [1.29, 1.82) is 0 Å². The Kier molecular flexibility index (Phi) is 5.15. The molecular formula is C15H11ClN2O4S. The molecule has 23 heavy (non-hydrogen) atoms. The van der Waals surface area contributed by atoms with Gasteiger partial charge in [0.05, 0.1) is 5.69 Å². The van der Waals surface area contributed by atoms with E-state index in [1.165, 1.54) is 0 Å². The first-order valence-corrected chi connectivity index (χ1v) is 7.48. The van der Waals surface area contributed by atoms with E-state index >= 15 is 0 Å². The molecule has 0 saturated carbocycles. The fraction of sp³-hybridized carbons (Fsp3) is 0. The van der Waals surface area contributed by atoms with Gasteiger partial charge >= 0.3 is 5.97 Å². The molecule has 8 heteroatoms. The fourth-order valence-corrected chi connectivity index (χ4v) is 2.84. The number of aliphatic carboxylic acids is 1. The van der Waals surface area contributed by atoms with Crippen LogP contribution in [-0.2, 0) is 9.59 Å². The van der Waals surface area contributed by atoms with Crippen LogP contribution in [0.15, 0.2) is 42.5 Å². The number of carboxylic acids is 1. The Labute approximate surface area is 140 Å². The highest BCUT2D eigenvalue weighted by Gasteiger charge is 2.16. The van der Waals surface area contributed by atoms with Gasteiger partial charge in [-0.3, -0.25) is 9.59 Å². The molecule has 0 aliphatic rings. The Morgan fingerprint density at radius 2 is 1.83 bits per heavy atom. The molecule has 0 radical (unpaired) electrons. The van der Waals surface area contributed by atoms with Gasteiger partial charge in [0, 0.05) is 22.1 Å². The summed E-state index contributed by atoms with van der Waals surface area (Å²) in [5.41, 5.74) is 6.35. The lowest BCUT2D eigenvalue weighted by Crippen LogP contribution is -2.14. The maximum absolute atomic E-state index is 11.7. The van der Waals surface area contributed by atoms with Crippen LogP contribution in [0.4, 0.5) is 5.69 Å². The standard InChI is InChI=1S/C15H11ClN2O4S/c16-9-3-1-8(2-4-9)11-7-10(14(23-11)15(17)22)18-12(19)5-6-13(20)21/h1-7H,(H2,17,22)(H,18,19)(H,20,21)/b6-5+. The molecule has 0 aliphatic heterocycles. The molecule has 118 valence electrons. The van der Waals surface area contributed by atoms with Gasteiger partial charge in [-0.05, 0) is 23.8 Å². The summed E-state index contributed by atoms with van der Waals surface area (Å²) in [5.74, 6) is -2.61. The quantitative estimate of drug-likeness (QED) is 0.720. The maximum Gasteiger partial charge on any atom is 0.328 e. The number of carboxylic acid groups (broad SMARTS) is 1. The largest absolute Gasteiger partial charge is 0.478 e. The molecule has 1 aromatic carbocycles. The third-order valence-electron chi connectivity index (χ3n) is 2.72. The van der Waals surface area contributed by atoms with Crippen LogP contribution in [0.1, 0.15) is 9.67 Å². The second-order valence-corrected chi connectivity index (χ2v) is 5.87. The van der Waals surface area contributed by atoms with Crippen molar-refractivity contribution in [3.63, 3.8) is 0 Å². The number of amides is 2. The van der Waals surface area contributed by atoms with E-state index in [0.717, 1.165) is 23.0 Å². The smallest absolute Gasteiger partial charge is 0.328 e. The molecule has 0 saturated heterocycles. The number of halogens is 1. The van der Waals surface area contributed by atoms with Crippen molar-refractivity contribution in [2.24, 2.45) is 5.73 Å². The van der Waals surface area contributed by atoms with Crippen LogP contribution in [0, 0.1) is 0 Å². The van der Waals surface area contributed by atoms with Crippen LogP contribution < -0.4 is 11.1 Å². The number of anilines is 1. The van der Waals surface area contributed by atoms with E-state index in [1.54, 1.807) is 30.3 Å². The lowest BCUT2D eigenvalue weighted by molar-refractivity contribution is -0.131. The van der Waals surface area contributed by atoms with Crippen LogP contribution in [0.3, 0.4) is 0 Å². The monoisotopic (exact) mass is 350 g/mol. The Hall–Kier alpha value is -2.64. The second kappa shape index (κ2) is 7.08. The van der Waals surface area contributed by atoms with Gasteiger partial charge in [0.25, 0.3) is 5.91 Å². The first-order chi connectivity index (χ1) is 10.9. The number of primary amides is 1. The van der Waals surface area contributed by atoms with Gasteiger partial charge in [-0.2, -0.15) is 0 Å². The second-order valence-electron chi connectivity index (χ2n) is 4.39. The van der Waals surface area contributed by atoms with Gasteiger partial charge in [-0.15, -0.1) is 11.3 Å². The summed E-state index contributed by atoms with van der Waals surface area (Å²) in [7, 11) is 0. The van der Waals surface area contributed by atoms with E-state index < -0.39 is 17.8 Å². The van der Waals surface area contributed by atoms with Gasteiger partial charge in [-0.1, -0.05) is 23.7 Å².